The average Bonchev–Trinajstić information content (AvgIpc) is 3.05. The number of thiazole rings is 1. The van der Waals surface area contributed by atoms with Gasteiger partial charge in [0.05, 0.1) is 13.2 Å². The van der Waals surface area contributed by atoms with Gasteiger partial charge in [0.1, 0.15) is 16.4 Å². The Morgan fingerprint density at radius 1 is 1.19 bits per heavy atom. The highest BCUT2D eigenvalue weighted by molar-refractivity contribution is 7.15. The average molecular weight is 378 g/mol. The Morgan fingerprint density at radius 2 is 1.92 bits per heavy atom. The molecule has 0 aliphatic carbocycles. The zero-order valence-corrected chi connectivity index (χ0v) is 16.5. The lowest BCUT2D eigenvalue weighted by molar-refractivity contribution is 0.0524. The summed E-state index contributed by atoms with van der Waals surface area (Å²) < 4.78 is 15.9. The molecule has 0 aliphatic rings. The molecule has 2 rings (SSSR count). The summed E-state index contributed by atoms with van der Waals surface area (Å²) in [6.07, 6.45) is 2.20. The predicted molar refractivity (Wildman–Crippen MR) is 103 cm³/mol. The number of nitrogens with zero attached hydrogens (tertiary/aromatic N) is 1. The van der Waals surface area contributed by atoms with Crippen molar-refractivity contribution in [2.24, 2.45) is 0 Å². The summed E-state index contributed by atoms with van der Waals surface area (Å²) >= 11 is 1.54. The fraction of sp³-hybridized carbons (Fsp3) is 0.474. The number of amides is 1. The summed E-state index contributed by atoms with van der Waals surface area (Å²) in [5.41, 5.74) is 0.513. The molecule has 0 spiro atoms. The second-order valence-electron chi connectivity index (χ2n) is 6.71. The third kappa shape index (κ3) is 7.01. The molecular formula is C19H26N2O4S. The molecule has 0 saturated heterocycles. The lowest BCUT2D eigenvalue weighted by Crippen LogP contribution is -2.31. The van der Waals surface area contributed by atoms with Crippen LogP contribution in [0.25, 0.3) is 10.6 Å². The predicted octanol–water partition coefficient (Wildman–Crippen LogP) is 4.25. The molecule has 2 aromatic rings. The largest absolute Gasteiger partial charge is 0.494 e. The minimum absolute atomic E-state index is 0.396. The van der Waals surface area contributed by atoms with Crippen LogP contribution in [-0.2, 0) is 16.0 Å². The number of carbonyl (C=O) groups is 1. The van der Waals surface area contributed by atoms with E-state index in [1.807, 2.05) is 45.0 Å². The van der Waals surface area contributed by atoms with Crippen LogP contribution in [0.4, 0.5) is 4.79 Å². The monoisotopic (exact) mass is 378 g/mol. The maximum Gasteiger partial charge on any atom is 0.407 e. The maximum absolute atomic E-state index is 11.7. The van der Waals surface area contributed by atoms with E-state index in [-0.39, 0.29) is 0 Å². The molecule has 0 unspecified atom stereocenters. The summed E-state index contributed by atoms with van der Waals surface area (Å²) in [5.74, 6) is 0.827. The highest BCUT2D eigenvalue weighted by atomic mass is 32.1. The van der Waals surface area contributed by atoms with Crippen molar-refractivity contribution in [3.63, 3.8) is 0 Å². The fourth-order valence-electron chi connectivity index (χ4n) is 2.08. The molecule has 1 N–H and O–H groups in total. The number of hydrogen-bond acceptors (Lipinski definition) is 6. The van der Waals surface area contributed by atoms with Gasteiger partial charge in [0, 0.05) is 36.8 Å². The quantitative estimate of drug-likeness (QED) is 0.696. The number of methoxy groups -OCH3 is 1. The summed E-state index contributed by atoms with van der Waals surface area (Å²) in [6, 6.07) is 7.83. The normalized spacial score (nSPS) is 11.2. The zero-order chi connectivity index (χ0) is 19.0. The van der Waals surface area contributed by atoms with E-state index in [4.69, 9.17) is 14.2 Å². The van der Waals surface area contributed by atoms with Crippen molar-refractivity contribution in [3.8, 4) is 16.3 Å². The third-order valence-electron chi connectivity index (χ3n) is 3.22. The van der Waals surface area contributed by atoms with Crippen LogP contribution >= 0.6 is 11.3 Å². The molecule has 1 aromatic carbocycles. The van der Waals surface area contributed by atoms with E-state index >= 15 is 0 Å². The van der Waals surface area contributed by atoms with Gasteiger partial charge in [-0.2, -0.15) is 0 Å². The molecule has 0 saturated carbocycles. The Labute approximate surface area is 158 Å². The van der Waals surface area contributed by atoms with Crippen molar-refractivity contribution in [1.29, 1.82) is 0 Å². The summed E-state index contributed by atoms with van der Waals surface area (Å²) in [5, 5.41) is 3.64. The Hall–Kier alpha value is -2.12. The van der Waals surface area contributed by atoms with Gasteiger partial charge in [0.25, 0.3) is 0 Å². The summed E-state index contributed by atoms with van der Waals surface area (Å²) in [7, 11) is 1.68. The highest BCUT2D eigenvalue weighted by Crippen LogP contribution is 2.27. The number of rotatable bonds is 8. The third-order valence-corrected chi connectivity index (χ3v) is 4.27. The summed E-state index contributed by atoms with van der Waals surface area (Å²) in [6.45, 7) is 7.22. The Morgan fingerprint density at radius 3 is 2.58 bits per heavy atom. The van der Waals surface area contributed by atoms with E-state index in [0.29, 0.717) is 19.8 Å². The van der Waals surface area contributed by atoms with Crippen LogP contribution in [0.1, 0.15) is 32.1 Å². The molecule has 0 fully saturated rings. The van der Waals surface area contributed by atoms with Gasteiger partial charge in [0.2, 0.25) is 0 Å². The van der Waals surface area contributed by atoms with E-state index in [2.05, 4.69) is 10.3 Å². The van der Waals surface area contributed by atoms with E-state index in [1.165, 1.54) is 11.3 Å². The molecule has 1 heterocycles. The lowest BCUT2D eigenvalue weighted by Gasteiger charge is -2.19. The molecule has 6 nitrogen and oxygen atoms in total. The van der Waals surface area contributed by atoms with Crippen molar-refractivity contribution in [2.75, 3.05) is 20.3 Å². The minimum Gasteiger partial charge on any atom is -0.494 e. The minimum atomic E-state index is -0.504. The van der Waals surface area contributed by atoms with Gasteiger partial charge < -0.3 is 19.5 Å². The maximum atomic E-state index is 11.7. The van der Waals surface area contributed by atoms with Gasteiger partial charge in [-0.3, -0.25) is 0 Å². The first-order chi connectivity index (χ1) is 12.4. The SMILES string of the molecule is COCCCOc1ccc(-c2ncc(CNC(=O)OC(C)(C)C)s2)cc1. The van der Waals surface area contributed by atoms with Crippen LogP contribution in [0.5, 0.6) is 5.75 Å². The van der Waals surface area contributed by atoms with Crippen LogP contribution in [0.3, 0.4) is 0 Å². The molecule has 26 heavy (non-hydrogen) atoms. The van der Waals surface area contributed by atoms with Crippen molar-refractivity contribution >= 4 is 17.4 Å². The van der Waals surface area contributed by atoms with Crippen LogP contribution in [-0.4, -0.2) is 37.0 Å². The summed E-state index contributed by atoms with van der Waals surface area (Å²) in [4.78, 5) is 17.1. The number of hydrogen-bond donors (Lipinski definition) is 1. The first-order valence-electron chi connectivity index (χ1n) is 8.51. The molecule has 1 amide bonds. The van der Waals surface area contributed by atoms with Gasteiger partial charge in [-0.05, 0) is 45.0 Å². The van der Waals surface area contributed by atoms with Gasteiger partial charge in [0.15, 0.2) is 0 Å². The highest BCUT2D eigenvalue weighted by Gasteiger charge is 2.16. The fourth-order valence-corrected chi connectivity index (χ4v) is 2.94. The van der Waals surface area contributed by atoms with E-state index in [1.54, 1.807) is 13.3 Å². The van der Waals surface area contributed by atoms with Crippen LogP contribution in [0.2, 0.25) is 0 Å². The molecular weight excluding hydrogens is 352 g/mol. The first kappa shape index (κ1) is 20.2. The van der Waals surface area contributed by atoms with Crippen molar-refractivity contribution < 1.29 is 19.0 Å². The number of benzene rings is 1. The van der Waals surface area contributed by atoms with Crippen LogP contribution in [0, 0.1) is 0 Å². The number of nitrogens with one attached hydrogen (secondary N) is 1. The van der Waals surface area contributed by atoms with Crippen LogP contribution < -0.4 is 10.1 Å². The number of aromatic nitrogens is 1. The van der Waals surface area contributed by atoms with E-state index < -0.39 is 11.7 Å². The molecule has 0 bridgehead atoms. The molecule has 7 heteroatoms. The molecule has 0 aliphatic heterocycles. The number of alkyl carbamates (subject to hydrolysis) is 1. The Kier molecular flexibility index (Phi) is 7.41. The molecule has 0 radical (unpaired) electrons. The van der Waals surface area contributed by atoms with E-state index in [0.717, 1.165) is 27.6 Å². The second kappa shape index (κ2) is 9.54. The van der Waals surface area contributed by atoms with Crippen molar-refractivity contribution in [3.05, 3.63) is 35.3 Å². The van der Waals surface area contributed by atoms with Gasteiger partial charge in [-0.1, -0.05) is 0 Å². The number of carbonyl (C=O) groups excluding carboxylic acids is 1. The van der Waals surface area contributed by atoms with Gasteiger partial charge in [-0.15, -0.1) is 11.3 Å². The lowest BCUT2D eigenvalue weighted by atomic mass is 10.2. The topological polar surface area (TPSA) is 69.7 Å². The standard InChI is InChI=1S/C19H26N2O4S/c1-19(2,3)25-18(22)21-13-16-12-20-17(26-16)14-6-8-15(9-7-14)24-11-5-10-23-4/h6-9,12H,5,10-11,13H2,1-4H3,(H,21,22). The van der Waals surface area contributed by atoms with Crippen LogP contribution in [0.15, 0.2) is 30.5 Å². The van der Waals surface area contributed by atoms with Gasteiger partial charge >= 0.3 is 6.09 Å². The van der Waals surface area contributed by atoms with Gasteiger partial charge in [-0.25, -0.2) is 9.78 Å². The first-order valence-corrected chi connectivity index (χ1v) is 9.33. The Bertz CT molecular complexity index is 692. The number of ether oxygens (including phenoxy) is 3. The molecule has 142 valence electrons. The Balaban J connectivity index is 1.85. The van der Waals surface area contributed by atoms with E-state index in [9.17, 15) is 4.79 Å². The van der Waals surface area contributed by atoms with Crippen molar-refractivity contribution in [1.82, 2.24) is 10.3 Å². The second-order valence-corrected chi connectivity index (χ2v) is 7.82. The molecule has 0 atom stereocenters. The van der Waals surface area contributed by atoms with Crippen molar-refractivity contribution in [2.45, 2.75) is 39.3 Å². The zero-order valence-electron chi connectivity index (χ0n) is 15.7. The smallest absolute Gasteiger partial charge is 0.407 e. The molecule has 1 aromatic heterocycles.